The molecule has 0 atom stereocenters. The van der Waals surface area contributed by atoms with E-state index >= 15 is 0 Å². The Labute approximate surface area is 69.2 Å². The first-order chi connectivity index (χ1) is 5.65. The summed E-state index contributed by atoms with van der Waals surface area (Å²) in [5.74, 6) is 0.212. The van der Waals surface area contributed by atoms with Crippen LogP contribution < -0.4 is 0 Å². The second kappa shape index (κ2) is 2.09. The fraction of sp³-hybridized carbons (Fsp3) is 0.500. The number of rotatable bonds is 2. The smallest absolute Gasteiger partial charge is 0.317 e. The van der Waals surface area contributed by atoms with Crippen molar-refractivity contribution in [2.24, 2.45) is 0 Å². The van der Waals surface area contributed by atoms with Crippen LogP contribution in [0.25, 0.3) is 0 Å². The topological polar surface area (TPSA) is 63.3 Å². The van der Waals surface area contributed by atoms with Crippen LogP contribution in [0.4, 0.5) is 0 Å². The highest BCUT2D eigenvalue weighted by atomic mass is 16.4. The second-order valence-corrected chi connectivity index (χ2v) is 3.13. The third kappa shape index (κ3) is 0.841. The monoisotopic (exact) mass is 167 g/mol. The predicted molar refractivity (Wildman–Crippen MR) is 39.8 cm³/mol. The van der Waals surface area contributed by atoms with Crippen LogP contribution in [0.2, 0.25) is 0 Å². The average Bonchev–Trinajstić information content (AvgIpc) is 2.71. The molecule has 0 aliphatic heterocycles. The van der Waals surface area contributed by atoms with Crippen molar-refractivity contribution in [1.82, 2.24) is 4.98 Å². The minimum Gasteiger partial charge on any atom is -0.480 e. The van der Waals surface area contributed by atoms with E-state index in [1.54, 1.807) is 6.92 Å². The summed E-state index contributed by atoms with van der Waals surface area (Å²) < 4.78 is 5.18. The summed E-state index contributed by atoms with van der Waals surface area (Å²) in [5, 5.41) is 8.88. The van der Waals surface area contributed by atoms with Crippen molar-refractivity contribution in [2.45, 2.75) is 25.2 Å². The molecule has 0 saturated heterocycles. The highest BCUT2D eigenvalue weighted by molar-refractivity contribution is 5.83. The van der Waals surface area contributed by atoms with Crippen LogP contribution in [0, 0.1) is 6.92 Å². The van der Waals surface area contributed by atoms with Gasteiger partial charge in [-0.05, 0) is 12.8 Å². The first-order valence-electron chi connectivity index (χ1n) is 3.81. The Hall–Kier alpha value is -1.32. The Morgan fingerprint density at radius 1 is 1.75 bits per heavy atom. The Balaban J connectivity index is 2.36. The second-order valence-electron chi connectivity index (χ2n) is 3.13. The van der Waals surface area contributed by atoms with Crippen molar-refractivity contribution in [3.63, 3.8) is 0 Å². The lowest BCUT2D eigenvalue weighted by atomic mass is 10.1. The van der Waals surface area contributed by atoms with Crippen LogP contribution in [-0.2, 0) is 10.2 Å². The first-order valence-corrected chi connectivity index (χ1v) is 3.81. The van der Waals surface area contributed by atoms with Crippen LogP contribution in [0.5, 0.6) is 0 Å². The Morgan fingerprint density at radius 2 is 2.42 bits per heavy atom. The molecule has 0 aromatic carbocycles. The number of hydrogen-bond donors (Lipinski definition) is 1. The van der Waals surface area contributed by atoms with Gasteiger partial charge in [0.2, 0.25) is 0 Å². The third-order valence-corrected chi connectivity index (χ3v) is 2.25. The quantitative estimate of drug-likeness (QED) is 0.716. The van der Waals surface area contributed by atoms with Crippen molar-refractivity contribution in [2.75, 3.05) is 0 Å². The van der Waals surface area contributed by atoms with E-state index in [1.807, 2.05) is 0 Å². The molecular weight excluding hydrogens is 158 g/mol. The number of hydrogen-bond acceptors (Lipinski definition) is 3. The lowest BCUT2D eigenvalue weighted by Crippen LogP contribution is -2.18. The molecule has 1 heterocycles. The van der Waals surface area contributed by atoms with Gasteiger partial charge in [-0.3, -0.25) is 4.79 Å². The molecule has 1 fully saturated rings. The number of aryl methyl sites for hydroxylation is 1. The van der Waals surface area contributed by atoms with Crippen LogP contribution in [0.15, 0.2) is 10.6 Å². The molecule has 0 unspecified atom stereocenters. The van der Waals surface area contributed by atoms with Gasteiger partial charge in [0.05, 0.1) is 6.20 Å². The Morgan fingerprint density at radius 3 is 2.75 bits per heavy atom. The van der Waals surface area contributed by atoms with E-state index in [-0.39, 0.29) is 0 Å². The highest BCUT2D eigenvalue weighted by Gasteiger charge is 2.54. The van der Waals surface area contributed by atoms with E-state index in [4.69, 9.17) is 9.52 Å². The molecular formula is C8H9NO3. The fourth-order valence-corrected chi connectivity index (χ4v) is 1.27. The minimum absolute atomic E-state index is 0.493. The largest absolute Gasteiger partial charge is 0.480 e. The SMILES string of the molecule is Cc1ncc(C2(C(=O)O)CC2)o1. The van der Waals surface area contributed by atoms with Crippen molar-refractivity contribution in [3.05, 3.63) is 17.8 Å². The van der Waals surface area contributed by atoms with E-state index in [0.717, 1.165) is 0 Å². The molecule has 2 rings (SSSR count). The van der Waals surface area contributed by atoms with E-state index in [0.29, 0.717) is 24.5 Å². The van der Waals surface area contributed by atoms with Gasteiger partial charge >= 0.3 is 5.97 Å². The third-order valence-electron chi connectivity index (χ3n) is 2.25. The maximum absolute atomic E-state index is 10.8. The van der Waals surface area contributed by atoms with Crippen molar-refractivity contribution >= 4 is 5.97 Å². The zero-order valence-corrected chi connectivity index (χ0v) is 6.70. The zero-order valence-electron chi connectivity index (χ0n) is 6.70. The number of aromatic nitrogens is 1. The molecule has 1 aliphatic carbocycles. The Kier molecular flexibility index (Phi) is 1.28. The van der Waals surface area contributed by atoms with Gasteiger partial charge in [-0.1, -0.05) is 0 Å². The summed E-state index contributed by atoms with van der Waals surface area (Å²) in [4.78, 5) is 14.7. The Bertz CT molecular complexity index is 325. The van der Waals surface area contributed by atoms with Gasteiger partial charge in [0, 0.05) is 6.92 Å². The molecule has 1 saturated carbocycles. The van der Waals surface area contributed by atoms with Gasteiger partial charge in [-0.2, -0.15) is 0 Å². The molecule has 1 N–H and O–H groups in total. The summed E-state index contributed by atoms with van der Waals surface area (Å²) in [5.41, 5.74) is -0.749. The maximum Gasteiger partial charge on any atom is 0.317 e. The molecule has 1 aromatic rings. The maximum atomic E-state index is 10.8. The number of carboxylic acids is 1. The molecule has 1 aliphatic rings. The summed E-state index contributed by atoms with van der Waals surface area (Å²) in [7, 11) is 0. The number of aliphatic carboxylic acids is 1. The van der Waals surface area contributed by atoms with Gasteiger partial charge < -0.3 is 9.52 Å². The van der Waals surface area contributed by atoms with Crippen LogP contribution >= 0.6 is 0 Å². The number of nitrogens with zero attached hydrogens (tertiary/aromatic N) is 1. The summed E-state index contributed by atoms with van der Waals surface area (Å²) in [6.07, 6.45) is 2.84. The van der Waals surface area contributed by atoms with E-state index in [9.17, 15) is 4.79 Å². The minimum atomic E-state index is -0.807. The molecule has 0 radical (unpaired) electrons. The number of carbonyl (C=O) groups is 1. The van der Waals surface area contributed by atoms with Crippen LogP contribution in [0.3, 0.4) is 0 Å². The average molecular weight is 167 g/mol. The van der Waals surface area contributed by atoms with Gasteiger partial charge in [-0.25, -0.2) is 4.98 Å². The molecule has 0 amide bonds. The molecule has 0 bridgehead atoms. The van der Waals surface area contributed by atoms with Gasteiger partial charge in [-0.15, -0.1) is 0 Å². The summed E-state index contributed by atoms with van der Waals surface area (Å²) in [6.45, 7) is 1.71. The van der Waals surface area contributed by atoms with E-state index < -0.39 is 11.4 Å². The molecule has 12 heavy (non-hydrogen) atoms. The molecule has 4 nitrogen and oxygen atoms in total. The van der Waals surface area contributed by atoms with Crippen molar-refractivity contribution in [3.8, 4) is 0 Å². The lowest BCUT2D eigenvalue weighted by molar-refractivity contribution is -0.140. The first kappa shape index (κ1) is 7.34. The molecule has 0 spiro atoms. The number of carboxylic acid groups (broad SMARTS) is 1. The lowest BCUT2D eigenvalue weighted by Gasteiger charge is -2.02. The highest BCUT2D eigenvalue weighted by Crippen LogP contribution is 2.48. The van der Waals surface area contributed by atoms with Gasteiger partial charge in [0.1, 0.15) is 11.2 Å². The van der Waals surface area contributed by atoms with E-state index in [2.05, 4.69) is 4.98 Å². The van der Waals surface area contributed by atoms with Crippen LogP contribution in [0.1, 0.15) is 24.5 Å². The van der Waals surface area contributed by atoms with Crippen molar-refractivity contribution in [1.29, 1.82) is 0 Å². The normalized spacial score (nSPS) is 19.1. The standard InChI is InChI=1S/C8H9NO3/c1-5-9-4-6(12-5)8(2-3-8)7(10)11/h4H,2-3H2,1H3,(H,10,11). The van der Waals surface area contributed by atoms with Crippen molar-refractivity contribution < 1.29 is 14.3 Å². The predicted octanol–water partition coefficient (Wildman–Crippen LogP) is 1.10. The zero-order chi connectivity index (χ0) is 8.77. The summed E-state index contributed by atoms with van der Waals surface area (Å²) >= 11 is 0. The molecule has 1 aromatic heterocycles. The van der Waals surface area contributed by atoms with Gasteiger partial charge in [0.25, 0.3) is 0 Å². The van der Waals surface area contributed by atoms with E-state index in [1.165, 1.54) is 6.20 Å². The molecule has 4 heteroatoms. The van der Waals surface area contributed by atoms with Gasteiger partial charge in [0.15, 0.2) is 5.89 Å². The molecule has 64 valence electrons. The fourth-order valence-electron chi connectivity index (χ4n) is 1.27. The summed E-state index contributed by atoms with van der Waals surface area (Å²) in [6, 6.07) is 0. The van der Waals surface area contributed by atoms with Crippen LogP contribution in [-0.4, -0.2) is 16.1 Å². The number of oxazole rings is 1.